The Morgan fingerprint density at radius 2 is 2.20 bits per heavy atom. The first-order valence-corrected chi connectivity index (χ1v) is 8.39. The third-order valence-corrected chi connectivity index (χ3v) is 5.03. The minimum absolute atomic E-state index is 0.234. The monoisotopic (exact) mass is 298 g/mol. The minimum Gasteiger partial charge on any atom is -0.496 e. The number of ether oxygens (including phenoxy) is 1. The van der Waals surface area contributed by atoms with Crippen molar-refractivity contribution in [2.75, 3.05) is 20.2 Å². The number of methoxy groups -OCH3 is 1. The van der Waals surface area contributed by atoms with E-state index in [-0.39, 0.29) is 10.9 Å². The molecule has 6 heteroatoms. The summed E-state index contributed by atoms with van der Waals surface area (Å²) in [6, 6.07) is 5.12. The zero-order valence-electron chi connectivity index (χ0n) is 12.0. The van der Waals surface area contributed by atoms with Gasteiger partial charge in [-0.05, 0) is 50.1 Å². The molecule has 1 aromatic carbocycles. The highest BCUT2D eigenvalue weighted by atomic mass is 32.2. The van der Waals surface area contributed by atoms with E-state index in [1.165, 1.54) is 6.42 Å². The summed E-state index contributed by atoms with van der Waals surface area (Å²) in [5.74, 6) is 0.692. The number of hydrogen-bond donors (Lipinski definition) is 2. The van der Waals surface area contributed by atoms with Crippen molar-refractivity contribution in [2.45, 2.75) is 37.1 Å². The largest absolute Gasteiger partial charge is 0.496 e. The molecule has 1 aliphatic heterocycles. The zero-order chi connectivity index (χ0) is 14.6. The number of sulfonamides is 1. The lowest BCUT2D eigenvalue weighted by Crippen LogP contribution is -2.43. The highest BCUT2D eigenvalue weighted by Crippen LogP contribution is 2.21. The average molecular weight is 298 g/mol. The summed E-state index contributed by atoms with van der Waals surface area (Å²) < 4.78 is 32.3. The van der Waals surface area contributed by atoms with E-state index in [2.05, 4.69) is 10.0 Å². The quantitative estimate of drug-likeness (QED) is 0.863. The van der Waals surface area contributed by atoms with Crippen LogP contribution in [0.15, 0.2) is 23.1 Å². The highest BCUT2D eigenvalue weighted by Gasteiger charge is 2.19. The number of piperidine rings is 1. The van der Waals surface area contributed by atoms with Crippen molar-refractivity contribution in [1.29, 1.82) is 0 Å². The summed E-state index contributed by atoms with van der Waals surface area (Å²) in [5, 5.41) is 3.33. The lowest BCUT2D eigenvalue weighted by molar-refractivity contribution is 0.398. The number of nitrogens with one attached hydrogen (secondary N) is 2. The van der Waals surface area contributed by atoms with Crippen LogP contribution in [0, 0.1) is 6.92 Å². The zero-order valence-corrected chi connectivity index (χ0v) is 12.8. The molecule has 20 heavy (non-hydrogen) atoms. The van der Waals surface area contributed by atoms with Gasteiger partial charge in [-0.15, -0.1) is 0 Å². The highest BCUT2D eigenvalue weighted by molar-refractivity contribution is 7.89. The van der Waals surface area contributed by atoms with Crippen LogP contribution in [0.4, 0.5) is 0 Å². The summed E-state index contributed by atoms with van der Waals surface area (Å²) in [6.45, 7) is 3.24. The molecule has 2 N–H and O–H groups in total. The first-order chi connectivity index (χ1) is 9.53. The van der Waals surface area contributed by atoms with Gasteiger partial charge in [-0.3, -0.25) is 0 Å². The van der Waals surface area contributed by atoms with Crippen molar-refractivity contribution in [1.82, 2.24) is 10.0 Å². The molecule has 1 heterocycles. The van der Waals surface area contributed by atoms with Gasteiger partial charge >= 0.3 is 0 Å². The van der Waals surface area contributed by atoms with Crippen molar-refractivity contribution in [3.63, 3.8) is 0 Å². The van der Waals surface area contributed by atoms with Crippen molar-refractivity contribution >= 4 is 10.0 Å². The Morgan fingerprint density at radius 1 is 1.40 bits per heavy atom. The van der Waals surface area contributed by atoms with Crippen molar-refractivity contribution < 1.29 is 13.2 Å². The summed E-state index contributed by atoms with van der Waals surface area (Å²) in [5.41, 5.74) is 0.811. The van der Waals surface area contributed by atoms with Crippen LogP contribution < -0.4 is 14.8 Å². The Kier molecular flexibility index (Phi) is 5.01. The number of hydrogen-bond acceptors (Lipinski definition) is 4. The molecule has 0 saturated carbocycles. The van der Waals surface area contributed by atoms with E-state index in [4.69, 9.17) is 4.74 Å². The first kappa shape index (κ1) is 15.3. The van der Waals surface area contributed by atoms with E-state index >= 15 is 0 Å². The molecule has 2 rings (SSSR count). The van der Waals surface area contributed by atoms with Crippen molar-refractivity contribution in [3.8, 4) is 5.75 Å². The Bertz CT molecular complexity index is 552. The standard InChI is InChI=1S/C14H22N2O3S/c1-11-9-13(6-7-14(11)19-2)20(17,18)16-10-12-5-3-4-8-15-12/h6-7,9,12,15-16H,3-5,8,10H2,1-2H3. The van der Waals surface area contributed by atoms with Crippen LogP contribution in [0.3, 0.4) is 0 Å². The smallest absolute Gasteiger partial charge is 0.240 e. The maximum Gasteiger partial charge on any atom is 0.240 e. The van der Waals surface area contributed by atoms with E-state index in [9.17, 15) is 8.42 Å². The Hall–Kier alpha value is -1.11. The van der Waals surface area contributed by atoms with E-state index in [0.29, 0.717) is 12.3 Å². The average Bonchev–Trinajstić information content (AvgIpc) is 2.46. The second-order valence-corrected chi connectivity index (χ2v) is 6.90. The third kappa shape index (κ3) is 3.71. The molecule has 0 bridgehead atoms. The summed E-state index contributed by atoms with van der Waals surface area (Å²) >= 11 is 0. The normalized spacial score (nSPS) is 19.8. The molecule has 1 fully saturated rings. The van der Waals surface area contributed by atoms with Gasteiger partial charge in [-0.25, -0.2) is 13.1 Å². The molecule has 1 saturated heterocycles. The van der Waals surface area contributed by atoms with Crippen LogP contribution in [-0.4, -0.2) is 34.7 Å². The predicted molar refractivity (Wildman–Crippen MR) is 78.6 cm³/mol. The van der Waals surface area contributed by atoms with Crippen molar-refractivity contribution in [2.24, 2.45) is 0 Å². The molecule has 112 valence electrons. The molecular weight excluding hydrogens is 276 g/mol. The van der Waals surface area contributed by atoms with Crippen LogP contribution in [-0.2, 0) is 10.0 Å². The lowest BCUT2D eigenvalue weighted by atomic mass is 10.1. The van der Waals surface area contributed by atoms with Crippen molar-refractivity contribution in [3.05, 3.63) is 23.8 Å². The molecule has 1 aliphatic rings. The van der Waals surface area contributed by atoms with Gasteiger partial charge < -0.3 is 10.1 Å². The molecule has 1 atom stereocenters. The molecule has 0 aromatic heterocycles. The molecule has 1 unspecified atom stereocenters. The fourth-order valence-corrected chi connectivity index (χ4v) is 3.58. The van der Waals surface area contributed by atoms with E-state index in [1.807, 2.05) is 6.92 Å². The van der Waals surface area contributed by atoms with E-state index in [1.54, 1.807) is 25.3 Å². The molecule has 0 radical (unpaired) electrons. The molecular formula is C14H22N2O3S. The van der Waals surface area contributed by atoms with Crippen LogP contribution in [0.25, 0.3) is 0 Å². The van der Waals surface area contributed by atoms with Gasteiger partial charge in [0, 0.05) is 12.6 Å². The van der Waals surface area contributed by atoms with Gasteiger partial charge in [0.1, 0.15) is 5.75 Å². The Balaban J connectivity index is 2.04. The van der Waals surface area contributed by atoms with Gasteiger partial charge in [0.25, 0.3) is 0 Å². The second-order valence-electron chi connectivity index (χ2n) is 5.13. The van der Waals surface area contributed by atoms with Gasteiger partial charge in [-0.2, -0.15) is 0 Å². The number of rotatable bonds is 5. The topological polar surface area (TPSA) is 67.4 Å². The molecule has 0 aliphatic carbocycles. The lowest BCUT2D eigenvalue weighted by Gasteiger charge is -2.23. The molecule has 0 spiro atoms. The maximum absolute atomic E-state index is 12.2. The van der Waals surface area contributed by atoms with Crippen LogP contribution in [0.5, 0.6) is 5.75 Å². The number of benzene rings is 1. The third-order valence-electron chi connectivity index (χ3n) is 3.61. The molecule has 0 amide bonds. The van der Waals surface area contributed by atoms with Crippen LogP contribution in [0.2, 0.25) is 0 Å². The van der Waals surface area contributed by atoms with Gasteiger partial charge in [0.05, 0.1) is 12.0 Å². The number of aryl methyl sites for hydroxylation is 1. The van der Waals surface area contributed by atoms with Gasteiger partial charge in [0.15, 0.2) is 0 Å². The van der Waals surface area contributed by atoms with E-state index < -0.39 is 10.0 Å². The SMILES string of the molecule is COc1ccc(S(=O)(=O)NCC2CCCCN2)cc1C. The second kappa shape index (κ2) is 6.56. The molecule has 5 nitrogen and oxygen atoms in total. The molecule has 1 aromatic rings. The first-order valence-electron chi connectivity index (χ1n) is 6.90. The van der Waals surface area contributed by atoms with Gasteiger partial charge in [0.2, 0.25) is 10.0 Å². The minimum atomic E-state index is -3.45. The Morgan fingerprint density at radius 3 is 2.80 bits per heavy atom. The fraction of sp³-hybridized carbons (Fsp3) is 0.571. The maximum atomic E-state index is 12.2. The predicted octanol–water partition coefficient (Wildman–Crippen LogP) is 1.42. The fourth-order valence-electron chi connectivity index (χ4n) is 2.41. The summed E-state index contributed by atoms with van der Waals surface area (Å²) in [7, 11) is -1.88. The Labute approximate surface area is 120 Å². The van der Waals surface area contributed by atoms with Crippen LogP contribution in [0.1, 0.15) is 24.8 Å². The van der Waals surface area contributed by atoms with E-state index in [0.717, 1.165) is 24.9 Å². The van der Waals surface area contributed by atoms with Gasteiger partial charge in [-0.1, -0.05) is 6.42 Å². The summed E-state index contributed by atoms with van der Waals surface area (Å²) in [4.78, 5) is 0.284. The van der Waals surface area contributed by atoms with Crippen LogP contribution >= 0.6 is 0 Å². The summed E-state index contributed by atoms with van der Waals surface area (Å²) in [6.07, 6.45) is 3.34.